The summed E-state index contributed by atoms with van der Waals surface area (Å²) in [6.07, 6.45) is 3.16. The van der Waals surface area contributed by atoms with E-state index in [4.69, 9.17) is 0 Å². The van der Waals surface area contributed by atoms with Gasteiger partial charge in [-0.2, -0.15) is 4.72 Å². The molecule has 1 aliphatic rings. The van der Waals surface area contributed by atoms with Crippen molar-refractivity contribution in [2.75, 3.05) is 6.54 Å². The molecule has 0 bridgehead atoms. The maximum Gasteiger partial charge on any atom is 0.241 e. The first-order valence-corrected chi connectivity index (χ1v) is 8.42. The van der Waals surface area contributed by atoms with Gasteiger partial charge in [-0.25, -0.2) is 8.42 Å². The van der Waals surface area contributed by atoms with Crippen LogP contribution in [-0.2, 0) is 14.8 Å². The Hall–Kier alpha value is -1.99. The topological polar surface area (TPSA) is 88.2 Å². The van der Waals surface area contributed by atoms with Crippen LogP contribution in [-0.4, -0.2) is 31.9 Å². The second-order valence-electron chi connectivity index (χ2n) is 6.11. The standard InChI is InChI=1S/C15H17N3O3S/c1-15(2)9-17-14(19)13(15)18-22(20,21)12-5-3-4-10-8-16-7-6-11(10)12/h3-8,13,18H,9H2,1-2H3,(H,17,19). The molecule has 2 N–H and O–H groups in total. The molecule has 1 unspecified atom stereocenters. The largest absolute Gasteiger partial charge is 0.354 e. The van der Waals surface area contributed by atoms with E-state index in [0.29, 0.717) is 11.9 Å². The first kappa shape index (κ1) is 14.9. The van der Waals surface area contributed by atoms with Gasteiger partial charge in [0.2, 0.25) is 15.9 Å². The van der Waals surface area contributed by atoms with Crippen LogP contribution in [0.15, 0.2) is 41.6 Å². The number of fused-ring (bicyclic) bond motifs is 1. The lowest BCUT2D eigenvalue weighted by Gasteiger charge is -2.24. The molecule has 22 heavy (non-hydrogen) atoms. The SMILES string of the molecule is CC1(C)CNC(=O)C1NS(=O)(=O)c1cccc2cnccc12. The number of carbonyl (C=O) groups excluding carboxylic acids is 1. The van der Waals surface area contributed by atoms with Gasteiger partial charge in [0.1, 0.15) is 6.04 Å². The van der Waals surface area contributed by atoms with Crippen molar-refractivity contribution in [2.45, 2.75) is 24.8 Å². The van der Waals surface area contributed by atoms with Crippen molar-refractivity contribution >= 4 is 26.7 Å². The molecular formula is C15H17N3O3S. The van der Waals surface area contributed by atoms with E-state index in [1.54, 1.807) is 30.6 Å². The van der Waals surface area contributed by atoms with Gasteiger partial charge >= 0.3 is 0 Å². The zero-order chi connectivity index (χ0) is 16.0. The van der Waals surface area contributed by atoms with Crippen LogP contribution < -0.4 is 10.0 Å². The Labute approximate surface area is 129 Å². The summed E-state index contributed by atoms with van der Waals surface area (Å²) in [5.74, 6) is -0.296. The number of aromatic nitrogens is 1. The molecule has 1 aliphatic heterocycles. The summed E-state index contributed by atoms with van der Waals surface area (Å²) in [6, 6.07) is 5.87. The summed E-state index contributed by atoms with van der Waals surface area (Å²) in [5.41, 5.74) is -0.476. The summed E-state index contributed by atoms with van der Waals surface area (Å²) in [6.45, 7) is 4.15. The van der Waals surface area contributed by atoms with E-state index in [1.807, 2.05) is 13.8 Å². The van der Waals surface area contributed by atoms with Gasteiger partial charge in [0.15, 0.2) is 0 Å². The molecule has 1 amide bonds. The van der Waals surface area contributed by atoms with E-state index in [2.05, 4.69) is 15.0 Å². The Kier molecular flexibility index (Phi) is 3.41. The molecule has 0 saturated carbocycles. The summed E-state index contributed by atoms with van der Waals surface area (Å²) in [7, 11) is -3.81. The van der Waals surface area contributed by atoms with E-state index in [9.17, 15) is 13.2 Å². The highest BCUT2D eigenvalue weighted by Gasteiger charge is 2.43. The van der Waals surface area contributed by atoms with Crippen LogP contribution in [0.3, 0.4) is 0 Å². The number of carbonyl (C=O) groups is 1. The minimum atomic E-state index is -3.81. The molecule has 1 aromatic heterocycles. The van der Waals surface area contributed by atoms with Crippen molar-refractivity contribution in [3.8, 4) is 0 Å². The molecule has 1 aromatic carbocycles. The number of benzene rings is 1. The first-order chi connectivity index (χ1) is 10.3. The maximum atomic E-state index is 12.7. The van der Waals surface area contributed by atoms with E-state index in [0.717, 1.165) is 5.39 Å². The number of amides is 1. The smallest absolute Gasteiger partial charge is 0.241 e. The molecule has 116 valence electrons. The molecule has 6 nitrogen and oxygen atoms in total. The van der Waals surface area contributed by atoms with Gasteiger partial charge in [0.05, 0.1) is 4.90 Å². The Bertz CT molecular complexity index is 841. The fourth-order valence-corrected chi connectivity index (χ4v) is 4.23. The van der Waals surface area contributed by atoms with Crippen LogP contribution in [0.25, 0.3) is 10.8 Å². The number of pyridine rings is 1. The van der Waals surface area contributed by atoms with Gasteiger partial charge in [0, 0.05) is 35.1 Å². The van der Waals surface area contributed by atoms with Crippen molar-refractivity contribution in [1.82, 2.24) is 15.0 Å². The van der Waals surface area contributed by atoms with Crippen molar-refractivity contribution in [2.24, 2.45) is 5.41 Å². The normalized spacial score (nSPS) is 21.0. The molecule has 7 heteroatoms. The highest BCUT2D eigenvalue weighted by molar-refractivity contribution is 7.89. The first-order valence-electron chi connectivity index (χ1n) is 6.94. The van der Waals surface area contributed by atoms with Gasteiger partial charge in [-0.05, 0) is 12.1 Å². The highest BCUT2D eigenvalue weighted by atomic mass is 32.2. The summed E-state index contributed by atoms with van der Waals surface area (Å²) < 4.78 is 28.0. The second-order valence-corrected chi connectivity index (χ2v) is 7.80. The lowest BCUT2D eigenvalue weighted by molar-refractivity contribution is -0.121. The average Bonchev–Trinajstić information content (AvgIpc) is 2.73. The Balaban J connectivity index is 2.04. The van der Waals surface area contributed by atoms with Crippen LogP contribution in [0.5, 0.6) is 0 Å². The van der Waals surface area contributed by atoms with Crippen molar-refractivity contribution in [1.29, 1.82) is 0 Å². The van der Waals surface area contributed by atoms with E-state index < -0.39 is 21.5 Å². The quantitative estimate of drug-likeness (QED) is 0.885. The second kappa shape index (κ2) is 5.03. The van der Waals surface area contributed by atoms with Crippen LogP contribution in [0.2, 0.25) is 0 Å². The number of hydrogen-bond donors (Lipinski definition) is 2. The van der Waals surface area contributed by atoms with Gasteiger partial charge in [-0.1, -0.05) is 26.0 Å². The zero-order valence-electron chi connectivity index (χ0n) is 12.3. The predicted octanol–water partition coefficient (Wildman–Crippen LogP) is 1.04. The number of sulfonamides is 1. The molecule has 1 fully saturated rings. The monoisotopic (exact) mass is 319 g/mol. The van der Waals surface area contributed by atoms with Gasteiger partial charge in [-0.15, -0.1) is 0 Å². The minimum Gasteiger partial charge on any atom is -0.354 e. The third-order valence-corrected chi connectivity index (χ3v) is 5.45. The lowest BCUT2D eigenvalue weighted by atomic mass is 9.88. The van der Waals surface area contributed by atoms with Crippen LogP contribution in [0.1, 0.15) is 13.8 Å². The third-order valence-electron chi connectivity index (χ3n) is 3.97. The Morgan fingerprint density at radius 2 is 2.09 bits per heavy atom. The molecule has 1 saturated heterocycles. The maximum absolute atomic E-state index is 12.7. The molecule has 0 spiro atoms. The lowest BCUT2D eigenvalue weighted by Crippen LogP contribution is -2.46. The van der Waals surface area contributed by atoms with Gasteiger partial charge in [0.25, 0.3) is 0 Å². The molecule has 1 atom stereocenters. The Morgan fingerprint density at radius 1 is 1.32 bits per heavy atom. The van der Waals surface area contributed by atoms with E-state index in [1.165, 1.54) is 6.07 Å². The zero-order valence-corrected chi connectivity index (χ0v) is 13.1. The van der Waals surface area contributed by atoms with Crippen LogP contribution in [0, 0.1) is 5.41 Å². The number of nitrogens with zero attached hydrogens (tertiary/aromatic N) is 1. The molecule has 2 heterocycles. The van der Waals surface area contributed by atoms with Crippen molar-refractivity contribution in [3.63, 3.8) is 0 Å². The highest BCUT2D eigenvalue weighted by Crippen LogP contribution is 2.28. The molecule has 0 aliphatic carbocycles. The predicted molar refractivity (Wildman–Crippen MR) is 82.6 cm³/mol. The average molecular weight is 319 g/mol. The van der Waals surface area contributed by atoms with Crippen molar-refractivity contribution in [3.05, 3.63) is 36.7 Å². The molecular weight excluding hydrogens is 302 g/mol. The summed E-state index contributed by atoms with van der Waals surface area (Å²) in [5, 5.41) is 4.02. The minimum absolute atomic E-state index is 0.155. The summed E-state index contributed by atoms with van der Waals surface area (Å²) >= 11 is 0. The van der Waals surface area contributed by atoms with E-state index >= 15 is 0 Å². The van der Waals surface area contributed by atoms with Crippen molar-refractivity contribution < 1.29 is 13.2 Å². The van der Waals surface area contributed by atoms with E-state index in [-0.39, 0.29) is 10.8 Å². The van der Waals surface area contributed by atoms with Gasteiger partial charge in [-0.3, -0.25) is 9.78 Å². The molecule has 3 rings (SSSR count). The van der Waals surface area contributed by atoms with Crippen LogP contribution in [0.4, 0.5) is 0 Å². The number of rotatable bonds is 3. The fourth-order valence-electron chi connectivity index (χ4n) is 2.63. The number of nitrogens with one attached hydrogen (secondary N) is 2. The molecule has 2 aromatic rings. The van der Waals surface area contributed by atoms with Crippen LogP contribution >= 0.6 is 0 Å². The number of hydrogen-bond acceptors (Lipinski definition) is 4. The Morgan fingerprint density at radius 3 is 2.77 bits per heavy atom. The van der Waals surface area contributed by atoms with Gasteiger partial charge < -0.3 is 5.32 Å². The fraction of sp³-hybridized carbons (Fsp3) is 0.333. The third kappa shape index (κ3) is 2.46. The molecule has 0 radical (unpaired) electrons. The summed E-state index contributed by atoms with van der Waals surface area (Å²) in [4.78, 5) is 16.1.